The van der Waals surface area contributed by atoms with Crippen molar-refractivity contribution in [1.29, 1.82) is 0 Å². The van der Waals surface area contributed by atoms with Crippen molar-refractivity contribution >= 4 is 29.6 Å². The van der Waals surface area contributed by atoms with Gasteiger partial charge in [0.15, 0.2) is 0 Å². The van der Waals surface area contributed by atoms with Crippen molar-refractivity contribution in [2.75, 3.05) is 19.6 Å². The van der Waals surface area contributed by atoms with E-state index in [2.05, 4.69) is 5.32 Å². The van der Waals surface area contributed by atoms with Gasteiger partial charge in [0, 0.05) is 19.6 Å². The van der Waals surface area contributed by atoms with E-state index in [0.717, 1.165) is 11.5 Å². The largest absolute Gasteiger partial charge is 0.481 e. The molecule has 0 heterocycles. The Hall–Kier alpha value is -2.28. The van der Waals surface area contributed by atoms with Crippen LogP contribution in [0, 0.1) is 18.8 Å². The fourth-order valence-corrected chi connectivity index (χ4v) is 5.86. The van der Waals surface area contributed by atoms with Gasteiger partial charge in [0.2, 0.25) is 0 Å². The molecule has 1 aromatic rings. The van der Waals surface area contributed by atoms with E-state index < -0.39 is 17.7 Å². The molecule has 2 amide bonds. The average molecular weight is 535 g/mol. The zero-order chi connectivity index (χ0) is 26.3. The molecule has 2 fully saturated rings. The monoisotopic (exact) mass is 534 g/mol. The molecule has 0 saturated heterocycles. The quantitative estimate of drug-likeness (QED) is 0.362. The summed E-state index contributed by atoms with van der Waals surface area (Å²) in [7, 11) is 0. The highest BCUT2D eigenvalue weighted by molar-refractivity contribution is 6.33. The highest BCUT2D eigenvalue weighted by Gasteiger charge is 2.39. The number of hydrogen-bond donors (Lipinski definition) is 2. The summed E-state index contributed by atoms with van der Waals surface area (Å²) in [6.07, 6.45) is 9.31. The third-order valence-electron chi connectivity index (χ3n) is 7.40. The minimum Gasteiger partial charge on any atom is -0.481 e. The Morgan fingerprint density at radius 1 is 1.16 bits per heavy atom. The van der Waals surface area contributed by atoms with Gasteiger partial charge < -0.3 is 20.1 Å². The summed E-state index contributed by atoms with van der Waals surface area (Å²) >= 11 is 6.39. The number of fused-ring (bicyclic) bond motifs is 2. The van der Waals surface area contributed by atoms with Crippen LogP contribution >= 0.6 is 11.6 Å². The fourth-order valence-electron chi connectivity index (χ4n) is 5.66. The highest BCUT2D eigenvalue weighted by Crippen LogP contribution is 2.48. The van der Waals surface area contributed by atoms with Crippen molar-refractivity contribution in [3.05, 3.63) is 41.8 Å². The van der Waals surface area contributed by atoms with Crippen molar-refractivity contribution < 1.29 is 24.2 Å². The first-order chi connectivity index (χ1) is 17.0. The van der Waals surface area contributed by atoms with Crippen LogP contribution in [-0.4, -0.2) is 53.2 Å². The Balaban J connectivity index is 0.00000481. The van der Waals surface area contributed by atoms with E-state index in [1.165, 1.54) is 49.8 Å². The molecule has 0 unspecified atom stereocenters. The van der Waals surface area contributed by atoms with Gasteiger partial charge in [-0.15, -0.1) is 0 Å². The van der Waals surface area contributed by atoms with E-state index in [4.69, 9.17) is 21.4 Å². The van der Waals surface area contributed by atoms with Gasteiger partial charge in [0.05, 0.1) is 17.0 Å². The van der Waals surface area contributed by atoms with E-state index in [0.29, 0.717) is 36.5 Å². The zero-order valence-corrected chi connectivity index (χ0v) is 23.4. The number of nitrogens with one attached hydrogen (secondary N) is 1. The van der Waals surface area contributed by atoms with Crippen LogP contribution in [0.5, 0.6) is 0 Å². The second-order valence-electron chi connectivity index (χ2n) is 11.6. The van der Waals surface area contributed by atoms with Gasteiger partial charge in [-0.3, -0.25) is 9.59 Å². The summed E-state index contributed by atoms with van der Waals surface area (Å²) in [4.78, 5) is 38.0. The molecule has 2 N–H and O–H groups in total. The number of ether oxygens (including phenoxy) is 1. The van der Waals surface area contributed by atoms with Crippen LogP contribution < -0.4 is 5.32 Å². The number of carbonyl (C=O) groups excluding carboxylic acids is 2. The molecule has 37 heavy (non-hydrogen) atoms. The first-order valence-corrected chi connectivity index (χ1v) is 13.6. The standard InChI is InChI=1S/C28H41ClN2O5.CH2/c1-27(2,3)36-26(35)31(16-12-24(32)33)15-6-9-20-10-11-23(29)22(17-20)25(34)30-19-28-13-4-7-21(18-28)8-5-14-28;/h10-11,17,21H,4-9,12-16,18-19H2,1-3H3,(H,30,34)(H,32,33);1H2. The smallest absolute Gasteiger partial charge is 0.410 e. The second-order valence-corrected chi connectivity index (χ2v) is 12.0. The summed E-state index contributed by atoms with van der Waals surface area (Å²) in [5.41, 5.74) is 0.999. The number of hydrogen-bond acceptors (Lipinski definition) is 4. The number of carbonyl (C=O) groups is 3. The molecule has 0 aromatic heterocycles. The molecule has 2 radical (unpaired) electrons. The fraction of sp³-hybridized carbons (Fsp3) is 0.655. The Morgan fingerprint density at radius 3 is 2.46 bits per heavy atom. The molecule has 2 saturated carbocycles. The molecule has 3 rings (SSSR count). The summed E-state index contributed by atoms with van der Waals surface area (Å²) in [5.74, 6) is -0.291. The first kappa shape index (κ1) is 30.9. The minimum atomic E-state index is -0.964. The Bertz CT molecular complexity index is 933. The number of benzene rings is 1. The van der Waals surface area contributed by atoms with Gasteiger partial charge in [0.25, 0.3) is 5.91 Å². The maximum Gasteiger partial charge on any atom is 0.410 e. The number of carboxylic acids is 1. The molecule has 2 aliphatic rings. The van der Waals surface area contributed by atoms with E-state index >= 15 is 0 Å². The molecule has 0 aliphatic heterocycles. The predicted molar refractivity (Wildman–Crippen MR) is 146 cm³/mol. The lowest BCUT2D eigenvalue weighted by atomic mass is 9.62. The molecule has 206 valence electrons. The number of aliphatic carboxylic acids is 1. The van der Waals surface area contributed by atoms with E-state index in [9.17, 15) is 14.4 Å². The summed E-state index contributed by atoms with van der Waals surface area (Å²) in [6, 6.07) is 5.46. The maximum atomic E-state index is 13.1. The van der Waals surface area contributed by atoms with Gasteiger partial charge >= 0.3 is 12.1 Å². The molecular weight excluding hydrogens is 492 g/mol. The van der Waals surface area contributed by atoms with Gasteiger partial charge in [-0.2, -0.15) is 0 Å². The normalized spacial score (nSPS) is 20.9. The Kier molecular flexibility index (Phi) is 11.3. The second kappa shape index (κ2) is 13.5. The van der Waals surface area contributed by atoms with Crippen LogP contribution in [0.4, 0.5) is 4.79 Å². The number of amides is 2. The van der Waals surface area contributed by atoms with Crippen LogP contribution in [0.3, 0.4) is 0 Å². The van der Waals surface area contributed by atoms with Gasteiger partial charge in [0.1, 0.15) is 5.60 Å². The number of nitrogens with zero attached hydrogens (tertiary/aromatic N) is 1. The molecule has 2 bridgehead atoms. The van der Waals surface area contributed by atoms with Crippen molar-refractivity contribution in [2.24, 2.45) is 11.3 Å². The number of halogens is 1. The van der Waals surface area contributed by atoms with Gasteiger partial charge in [-0.05, 0) is 81.9 Å². The number of aryl methyl sites for hydroxylation is 1. The first-order valence-electron chi connectivity index (χ1n) is 13.2. The summed E-state index contributed by atoms with van der Waals surface area (Å²) < 4.78 is 5.43. The summed E-state index contributed by atoms with van der Waals surface area (Å²) in [6.45, 7) is 6.48. The Morgan fingerprint density at radius 2 is 1.84 bits per heavy atom. The lowest BCUT2D eigenvalue weighted by Gasteiger charge is -2.45. The van der Waals surface area contributed by atoms with Crippen molar-refractivity contribution in [1.82, 2.24) is 10.2 Å². The SMILES string of the molecule is CC(C)(C)OC(=O)N(CCCc1ccc(Cl)c(C(=O)NCC23CCCC(CCC2)C3)c1)CCC(=O)O.[CH2]. The molecule has 2 aliphatic carbocycles. The lowest BCUT2D eigenvalue weighted by Crippen LogP contribution is -2.43. The molecule has 0 atom stereocenters. The number of rotatable bonds is 10. The van der Waals surface area contributed by atoms with E-state index in [1.807, 2.05) is 12.1 Å². The summed E-state index contributed by atoms with van der Waals surface area (Å²) in [5, 5.41) is 12.6. The van der Waals surface area contributed by atoms with Crippen LogP contribution in [0.2, 0.25) is 5.02 Å². The van der Waals surface area contributed by atoms with E-state index in [1.54, 1.807) is 26.8 Å². The molecular formula is C29H43ClN2O5. The Labute approximate surface area is 227 Å². The zero-order valence-electron chi connectivity index (χ0n) is 22.6. The topological polar surface area (TPSA) is 95.9 Å². The highest BCUT2D eigenvalue weighted by atomic mass is 35.5. The molecule has 7 nitrogen and oxygen atoms in total. The van der Waals surface area contributed by atoms with Crippen LogP contribution in [0.1, 0.15) is 94.5 Å². The third kappa shape index (κ3) is 9.51. The number of carboxylic acid groups (broad SMARTS) is 1. The minimum absolute atomic E-state index is 0. The average Bonchev–Trinajstić information content (AvgIpc) is 2.79. The molecule has 0 spiro atoms. The maximum absolute atomic E-state index is 13.1. The lowest BCUT2D eigenvalue weighted by molar-refractivity contribution is -0.137. The third-order valence-corrected chi connectivity index (χ3v) is 7.73. The van der Waals surface area contributed by atoms with Crippen molar-refractivity contribution in [3.63, 3.8) is 0 Å². The van der Waals surface area contributed by atoms with Crippen molar-refractivity contribution in [2.45, 2.75) is 90.6 Å². The van der Waals surface area contributed by atoms with Crippen LogP contribution in [0.15, 0.2) is 18.2 Å². The van der Waals surface area contributed by atoms with Crippen LogP contribution in [0.25, 0.3) is 0 Å². The van der Waals surface area contributed by atoms with Gasteiger partial charge in [-0.25, -0.2) is 4.79 Å². The van der Waals surface area contributed by atoms with Gasteiger partial charge in [-0.1, -0.05) is 50.8 Å². The van der Waals surface area contributed by atoms with E-state index in [-0.39, 0.29) is 31.7 Å². The van der Waals surface area contributed by atoms with Crippen molar-refractivity contribution in [3.8, 4) is 0 Å². The molecule has 8 heteroatoms. The predicted octanol–water partition coefficient (Wildman–Crippen LogP) is 6.40. The van der Waals surface area contributed by atoms with Crippen LogP contribution in [-0.2, 0) is 16.0 Å². The molecule has 1 aromatic carbocycles.